The fraction of sp³-hybridized carbons (Fsp3) is 0.296. The third-order valence-corrected chi connectivity index (χ3v) is 5.72. The number of para-hydroxylation sites is 2. The van der Waals surface area contributed by atoms with Crippen LogP contribution in [0.15, 0.2) is 66.7 Å². The minimum atomic E-state index is -0.290. The molecule has 8 heteroatoms. The Morgan fingerprint density at radius 1 is 1.03 bits per heavy atom. The molecule has 0 aliphatic carbocycles. The van der Waals surface area contributed by atoms with Crippen LogP contribution in [0.3, 0.4) is 0 Å². The Kier molecular flexibility index (Phi) is 8.27. The number of halogens is 1. The topological polar surface area (TPSA) is 83.6 Å². The molecule has 1 aromatic heterocycles. The molecule has 182 valence electrons. The number of rotatable bonds is 5. The van der Waals surface area contributed by atoms with E-state index in [1.165, 1.54) is 12.1 Å². The normalized spacial score (nSPS) is 14.2. The highest BCUT2D eigenvalue weighted by Gasteiger charge is 2.20. The highest BCUT2D eigenvalue weighted by Crippen LogP contribution is 2.27. The van der Waals surface area contributed by atoms with E-state index in [0.29, 0.717) is 31.9 Å². The van der Waals surface area contributed by atoms with Gasteiger partial charge >= 0.3 is 0 Å². The quantitative estimate of drug-likeness (QED) is 0.573. The molecule has 0 spiro atoms. The lowest BCUT2D eigenvalue weighted by Gasteiger charge is -2.23. The van der Waals surface area contributed by atoms with Gasteiger partial charge in [0.1, 0.15) is 23.1 Å². The van der Waals surface area contributed by atoms with Crippen LogP contribution in [-0.4, -0.2) is 47.9 Å². The predicted molar refractivity (Wildman–Crippen MR) is 132 cm³/mol. The lowest BCUT2D eigenvalue weighted by Crippen LogP contribution is -2.42. The molecule has 2 bridgehead atoms. The summed E-state index contributed by atoms with van der Waals surface area (Å²) in [4.78, 5) is 31.9. The molecule has 0 atom stereocenters. The van der Waals surface area contributed by atoms with E-state index in [2.05, 4.69) is 15.6 Å². The smallest absolute Gasteiger partial charge is 0.273 e. The van der Waals surface area contributed by atoms with Gasteiger partial charge in [-0.05, 0) is 67.6 Å². The maximum absolute atomic E-state index is 13.3. The standard InChI is InChI=1S/C27H29FN4O3/c28-21-13-11-20(12-14-21)15-16-29-26(33)19-32-17-4-1-5-18-35-24-9-3-2-7-22(24)30-25-10-6-8-23(31-25)27(32)34/h2-3,6-14H,1,4-5,15-19H2,(H,29,33)(H,30,31). The summed E-state index contributed by atoms with van der Waals surface area (Å²) in [6.07, 6.45) is 3.02. The summed E-state index contributed by atoms with van der Waals surface area (Å²) in [6.45, 7) is 1.35. The fourth-order valence-electron chi connectivity index (χ4n) is 3.86. The molecule has 1 aliphatic heterocycles. The van der Waals surface area contributed by atoms with Crippen LogP contribution < -0.4 is 15.4 Å². The van der Waals surface area contributed by atoms with Gasteiger partial charge in [-0.1, -0.05) is 30.3 Å². The molecule has 2 aromatic carbocycles. The van der Waals surface area contributed by atoms with Crippen LogP contribution in [0.25, 0.3) is 0 Å². The Balaban J connectivity index is 1.43. The van der Waals surface area contributed by atoms with Crippen LogP contribution in [-0.2, 0) is 11.2 Å². The SMILES string of the molecule is O=C(CN1CCCCCOc2ccccc2Nc2cccc(n2)C1=O)NCCc1ccc(F)cc1. The number of nitrogens with one attached hydrogen (secondary N) is 2. The summed E-state index contributed by atoms with van der Waals surface area (Å²) < 4.78 is 19.0. The zero-order chi connectivity index (χ0) is 24.5. The molecule has 1 aliphatic rings. The van der Waals surface area contributed by atoms with Crippen molar-refractivity contribution in [2.24, 2.45) is 0 Å². The van der Waals surface area contributed by atoms with Gasteiger partial charge < -0.3 is 20.3 Å². The number of fused-ring (bicyclic) bond motifs is 3. The van der Waals surface area contributed by atoms with Gasteiger partial charge in [-0.2, -0.15) is 0 Å². The molecule has 2 heterocycles. The minimum absolute atomic E-state index is 0.0546. The Hall–Kier alpha value is -3.94. The molecular weight excluding hydrogens is 447 g/mol. The molecule has 0 radical (unpaired) electrons. The number of nitrogens with zero attached hydrogens (tertiary/aromatic N) is 2. The molecule has 7 nitrogen and oxygen atoms in total. The second-order valence-electron chi connectivity index (χ2n) is 8.39. The highest BCUT2D eigenvalue weighted by molar-refractivity contribution is 5.95. The molecule has 0 unspecified atom stereocenters. The summed E-state index contributed by atoms with van der Waals surface area (Å²) in [5.41, 5.74) is 1.97. The van der Waals surface area contributed by atoms with Crippen LogP contribution >= 0.6 is 0 Å². The third kappa shape index (κ3) is 7.02. The molecule has 0 saturated carbocycles. The first-order valence-electron chi connectivity index (χ1n) is 11.8. The molecule has 2 N–H and O–H groups in total. The van der Waals surface area contributed by atoms with Gasteiger partial charge in [0.15, 0.2) is 0 Å². The van der Waals surface area contributed by atoms with Crippen LogP contribution in [0.1, 0.15) is 35.3 Å². The van der Waals surface area contributed by atoms with Crippen LogP contribution in [0.5, 0.6) is 5.75 Å². The predicted octanol–water partition coefficient (Wildman–Crippen LogP) is 4.33. The number of anilines is 2. The summed E-state index contributed by atoms with van der Waals surface area (Å²) in [6, 6.07) is 19.0. The lowest BCUT2D eigenvalue weighted by molar-refractivity contribution is -0.121. The van der Waals surface area contributed by atoms with E-state index in [0.717, 1.165) is 36.3 Å². The Morgan fingerprint density at radius 3 is 2.71 bits per heavy atom. The maximum atomic E-state index is 13.3. The molecule has 35 heavy (non-hydrogen) atoms. The monoisotopic (exact) mass is 476 g/mol. The first-order valence-corrected chi connectivity index (χ1v) is 11.8. The summed E-state index contributed by atoms with van der Waals surface area (Å²) in [5, 5.41) is 6.09. The lowest BCUT2D eigenvalue weighted by atomic mass is 10.1. The number of aromatic nitrogens is 1. The van der Waals surface area contributed by atoms with E-state index in [-0.39, 0.29) is 29.9 Å². The summed E-state index contributed by atoms with van der Waals surface area (Å²) >= 11 is 0. The number of amides is 2. The van der Waals surface area contributed by atoms with Gasteiger partial charge in [-0.25, -0.2) is 9.37 Å². The van der Waals surface area contributed by atoms with Crippen molar-refractivity contribution in [1.82, 2.24) is 15.2 Å². The molecule has 3 aromatic rings. The van der Waals surface area contributed by atoms with E-state index in [1.54, 1.807) is 35.2 Å². The second kappa shape index (κ2) is 12.0. The van der Waals surface area contributed by atoms with Crippen molar-refractivity contribution in [2.45, 2.75) is 25.7 Å². The van der Waals surface area contributed by atoms with Crippen molar-refractivity contribution < 1.29 is 18.7 Å². The van der Waals surface area contributed by atoms with Crippen molar-refractivity contribution in [3.05, 3.63) is 83.8 Å². The van der Waals surface area contributed by atoms with Crippen molar-refractivity contribution in [3.8, 4) is 5.75 Å². The van der Waals surface area contributed by atoms with Gasteiger partial charge in [-0.15, -0.1) is 0 Å². The highest BCUT2D eigenvalue weighted by atomic mass is 19.1. The Bertz CT molecular complexity index is 1150. The van der Waals surface area contributed by atoms with E-state index in [1.807, 2.05) is 24.3 Å². The number of carbonyl (C=O) groups excluding carboxylic acids is 2. The van der Waals surface area contributed by atoms with Gasteiger partial charge in [0.25, 0.3) is 5.91 Å². The first-order chi connectivity index (χ1) is 17.1. The van der Waals surface area contributed by atoms with Gasteiger partial charge in [0.2, 0.25) is 5.91 Å². The van der Waals surface area contributed by atoms with Gasteiger partial charge in [0, 0.05) is 13.1 Å². The second-order valence-corrected chi connectivity index (χ2v) is 8.39. The van der Waals surface area contributed by atoms with Gasteiger partial charge in [-0.3, -0.25) is 9.59 Å². The van der Waals surface area contributed by atoms with Crippen molar-refractivity contribution in [3.63, 3.8) is 0 Å². The number of hydrogen-bond acceptors (Lipinski definition) is 5. The third-order valence-electron chi connectivity index (χ3n) is 5.72. The van der Waals surface area contributed by atoms with Crippen LogP contribution in [0.2, 0.25) is 0 Å². The zero-order valence-electron chi connectivity index (χ0n) is 19.5. The van der Waals surface area contributed by atoms with Crippen molar-refractivity contribution in [2.75, 3.05) is 31.6 Å². The van der Waals surface area contributed by atoms with Crippen LogP contribution in [0, 0.1) is 5.82 Å². The number of benzene rings is 2. The average molecular weight is 477 g/mol. The number of carbonyl (C=O) groups is 2. The molecule has 0 fully saturated rings. The summed E-state index contributed by atoms with van der Waals surface area (Å²) in [5.74, 6) is 0.438. The molecule has 0 saturated heterocycles. The number of ether oxygens (including phenoxy) is 1. The zero-order valence-corrected chi connectivity index (χ0v) is 19.5. The maximum Gasteiger partial charge on any atom is 0.273 e. The van der Waals surface area contributed by atoms with Crippen molar-refractivity contribution >= 4 is 23.3 Å². The molecular formula is C27H29FN4O3. The largest absolute Gasteiger partial charge is 0.491 e. The first kappa shape index (κ1) is 24.2. The van der Waals surface area contributed by atoms with Crippen LogP contribution in [0.4, 0.5) is 15.9 Å². The van der Waals surface area contributed by atoms with E-state index in [4.69, 9.17) is 4.74 Å². The fourth-order valence-corrected chi connectivity index (χ4v) is 3.86. The van der Waals surface area contributed by atoms with Gasteiger partial charge in [0.05, 0.1) is 18.8 Å². The molecule has 4 rings (SSSR count). The van der Waals surface area contributed by atoms with E-state index >= 15 is 0 Å². The average Bonchev–Trinajstić information content (AvgIpc) is 2.87. The summed E-state index contributed by atoms with van der Waals surface area (Å²) in [7, 11) is 0. The Morgan fingerprint density at radius 2 is 1.86 bits per heavy atom. The number of pyridine rings is 1. The number of hydrogen-bond donors (Lipinski definition) is 2. The van der Waals surface area contributed by atoms with Crippen molar-refractivity contribution in [1.29, 1.82) is 0 Å². The van der Waals surface area contributed by atoms with E-state index in [9.17, 15) is 14.0 Å². The Labute approximate surface area is 204 Å². The molecule has 2 amide bonds. The minimum Gasteiger partial charge on any atom is -0.491 e. The van der Waals surface area contributed by atoms with E-state index < -0.39 is 0 Å².